The first kappa shape index (κ1) is 24.5. The lowest BCUT2D eigenvalue weighted by molar-refractivity contribution is -0.384. The quantitative estimate of drug-likeness (QED) is 0.412. The molecule has 0 saturated carbocycles. The Morgan fingerprint density at radius 2 is 1.79 bits per heavy atom. The molecule has 10 nitrogen and oxygen atoms in total. The summed E-state index contributed by atoms with van der Waals surface area (Å²) >= 11 is 0. The number of non-ortho nitro benzene ring substituents is 1. The van der Waals surface area contributed by atoms with Gasteiger partial charge in [0.25, 0.3) is 5.69 Å². The zero-order valence-corrected chi connectivity index (χ0v) is 19.5. The van der Waals surface area contributed by atoms with Crippen molar-refractivity contribution in [3.05, 3.63) is 63.7 Å². The number of hydrogen-bond acceptors (Lipinski definition) is 7. The van der Waals surface area contributed by atoms with Crippen molar-refractivity contribution in [2.24, 2.45) is 0 Å². The number of ether oxygens (including phenoxy) is 1. The van der Waals surface area contributed by atoms with Crippen LogP contribution in [0.1, 0.15) is 24.0 Å². The summed E-state index contributed by atoms with van der Waals surface area (Å²) in [7, 11) is -2.60. The van der Waals surface area contributed by atoms with Crippen LogP contribution in [0.2, 0.25) is 0 Å². The van der Waals surface area contributed by atoms with Gasteiger partial charge in [-0.15, -0.1) is 0 Å². The van der Waals surface area contributed by atoms with Crippen molar-refractivity contribution in [2.75, 3.05) is 37.3 Å². The summed E-state index contributed by atoms with van der Waals surface area (Å²) in [5.74, 6) is -0.442. The summed E-state index contributed by atoms with van der Waals surface area (Å²) in [5, 5.41) is 13.9. The van der Waals surface area contributed by atoms with Gasteiger partial charge < -0.3 is 10.1 Å². The number of likely N-dealkylation sites (tertiary alicyclic amines) is 1. The number of carbonyl (C=O) groups excluding carboxylic acids is 1. The van der Waals surface area contributed by atoms with Gasteiger partial charge in [-0.2, -0.15) is 0 Å². The van der Waals surface area contributed by atoms with E-state index in [9.17, 15) is 23.3 Å². The van der Waals surface area contributed by atoms with Crippen molar-refractivity contribution in [3.63, 3.8) is 0 Å². The summed E-state index contributed by atoms with van der Waals surface area (Å²) in [4.78, 5) is 25.5. The third-order valence-electron chi connectivity index (χ3n) is 5.45. The van der Waals surface area contributed by atoms with Crippen molar-refractivity contribution in [2.45, 2.75) is 25.9 Å². The van der Waals surface area contributed by atoms with Gasteiger partial charge in [-0.05, 0) is 43.1 Å². The van der Waals surface area contributed by atoms with Crippen molar-refractivity contribution in [1.29, 1.82) is 0 Å². The first-order valence-corrected chi connectivity index (χ1v) is 12.4. The number of hydrogen-bond donors (Lipinski definition) is 1. The Morgan fingerprint density at radius 1 is 1.15 bits per heavy atom. The van der Waals surface area contributed by atoms with Crippen LogP contribution >= 0.6 is 0 Å². The predicted octanol–water partition coefficient (Wildman–Crippen LogP) is 2.28. The van der Waals surface area contributed by atoms with Gasteiger partial charge in [-0.25, -0.2) is 8.42 Å². The number of nitro groups is 1. The molecule has 1 N–H and O–H groups in total. The molecule has 178 valence electrons. The van der Waals surface area contributed by atoms with E-state index >= 15 is 0 Å². The molecule has 33 heavy (non-hydrogen) atoms. The van der Waals surface area contributed by atoms with Crippen LogP contribution in [-0.4, -0.2) is 57.1 Å². The highest BCUT2D eigenvalue weighted by Crippen LogP contribution is 2.33. The molecule has 1 fully saturated rings. The van der Waals surface area contributed by atoms with Crippen LogP contribution in [0.4, 0.5) is 11.4 Å². The fraction of sp³-hybridized carbons (Fsp3) is 0.409. The molecule has 1 amide bonds. The number of carbonyl (C=O) groups is 1. The third kappa shape index (κ3) is 6.65. The average Bonchev–Trinajstić information content (AvgIpc) is 3.29. The fourth-order valence-electron chi connectivity index (χ4n) is 3.72. The van der Waals surface area contributed by atoms with E-state index in [0.29, 0.717) is 0 Å². The van der Waals surface area contributed by atoms with E-state index < -0.39 is 27.4 Å². The van der Waals surface area contributed by atoms with E-state index in [2.05, 4.69) is 10.2 Å². The maximum Gasteiger partial charge on any atom is 0.271 e. The van der Waals surface area contributed by atoms with Gasteiger partial charge in [0.05, 0.1) is 18.3 Å². The molecule has 1 aliphatic rings. The van der Waals surface area contributed by atoms with Crippen molar-refractivity contribution >= 4 is 27.3 Å². The molecule has 2 aromatic carbocycles. The fourth-order valence-corrected chi connectivity index (χ4v) is 4.57. The van der Waals surface area contributed by atoms with Gasteiger partial charge in [-0.3, -0.25) is 24.1 Å². The number of benzene rings is 2. The first-order chi connectivity index (χ1) is 15.7. The molecule has 11 heteroatoms. The smallest absolute Gasteiger partial charge is 0.271 e. The molecule has 1 aliphatic heterocycles. The summed E-state index contributed by atoms with van der Waals surface area (Å²) in [6, 6.07) is 11.5. The Kier molecular flexibility index (Phi) is 7.88. The zero-order chi connectivity index (χ0) is 24.0. The minimum Gasteiger partial charge on any atom is -0.495 e. The van der Waals surface area contributed by atoms with Gasteiger partial charge in [-0.1, -0.05) is 24.3 Å². The summed E-state index contributed by atoms with van der Waals surface area (Å²) in [5.41, 5.74) is 1.70. The Labute approximate surface area is 193 Å². The Bertz CT molecular complexity index is 1100. The minimum atomic E-state index is -3.92. The maximum absolute atomic E-state index is 12.6. The number of sulfonamides is 1. The SMILES string of the molecule is COc1ccc([N+](=O)[O-])cc1N(CC(=O)NCc1ccc(CN2CCCC2)cc1)S(C)(=O)=O. The molecule has 2 aromatic rings. The maximum atomic E-state index is 12.6. The van der Waals surface area contributed by atoms with Crippen molar-refractivity contribution in [3.8, 4) is 5.75 Å². The highest BCUT2D eigenvalue weighted by molar-refractivity contribution is 7.92. The number of amides is 1. The lowest BCUT2D eigenvalue weighted by atomic mass is 10.1. The molecule has 1 saturated heterocycles. The Balaban J connectivity index is 1.66. The molecule has 0 bridgehead atoms. The monoisotopic (exact) mass is 476 g/mol. The lowest BCUT2D eigenvalue weighted by Crippen LogP contribution is -2.40. The number of rotatable bonds is 10. The molecule has 0 unspecified atom stereocenters. The van der Waals surface area contributed by atoms with Crippen LogP contribution in [-0.2, 0) is 27.9 Å². The first-order valence-electron chi connectivity index (χ1n) is 10.5. The molecule has 0 spiro atoms. The van der Waals surface area contributed by atoms with Crippen LogP contribution in [0.15, 0.2) is 42.5 Å². The number of methoxy groups -OCH3 is 1. The van der Waals surface area contributed by atoms with Crippen LogP contribution in [0, 0.1) is 10.1 Å². The second-order valence-electron chi connectivity index (χ2n) is 7.96. The third-order valence-corrected chi connectivity index (χ3v) is 6.57. The number of nitro benzene ring substituents is 1. The Morgan fingerprint density at radius 3 is 2.36 bits per heavy atom. The van der Waals surface area contributed by atoms with Crippen LogP contribution < -0.4 is 14.4 Å². The highest BCUT2D eigenvalue weighted by Gasteiger charge is 2.26. The molecular formula is C22H28N4O6S. The molecule has 3 rings (SSSR count). The molecule has 0 atom stereocenters. The lowest BCUT2D eigenvalue weighted by Gasteiger charge is -2.23. The van der Waals surface area contributed by atoms with Crippen LogP contribution in [0.3, 0.4) is 0 Å². The van der Waals surface area contributed by atoms with Crippen LogP contribution in [0.5, 0.6) is 5.75 Å². The standard InChI is InChI=1S/C22H28N4O6S/c1-32-21-10-9-19(26(28)29)13-20(21)25(33(2,30)31)16-22(27)23-14-17-5-7-18(8-6-17)15-24-11-3-4-12-24/h5-10,13H,3-4,11-12,14-16H2,1-2H3,(H,23,27). The average molecular weight is 477 g/mol. The molecule has 0 aromatic heterocycles. The summed E-state index contributed by atoms with van der Waals surface area (Å²) in [6.07, 6.45) is 3.39. The van der Waals surface area contributed by atoms with E-state index in [1.54, 1.807) is 0 Å². The Hall–Kier alpha value is -3.18. The topological polar surface area (TPSA) is 122 Å². The number of anilines is 1. The molecule has 1 heterocycles. The van der Waals surface area contributed by atoms with E-state index in [0.717, 1.165) is 41.8 Å². The van der Waals surface area contributed by atoms with E-state index in [-0.39, 0.29) is 23.7 Å². The van der Waals surface area contributed by atoms with Crippen molar-refractivity contribution < 1.29 is 22.9 Å². The normalized spacial score (nSPS) is 14.1. The van der Waals surface area contributed by atoms with Crippen LogP contribution in [0.25, 0.3) is 0 Å². The van der Waals surface area contributed by atoms with Gasteiger partial charge >= 0.3 is 0 Å². The number of nitrogens with one attached hydrogen (secondary N) is 1. The number of nitrogens with zero attached hydrogens (tertiary/aromatic N) is 3. The largest absolute Gasteiger partial charge is 0.495 e. The predicted molar refractivity (Wildman–Crippen MR) is 125 cm³/mol. The molecule has 0 radical (unpaired) electrons. The summed E-state index contributed by atoms with van der Waals surface area (Å²) < 4.78 is 30.7. The van der Waals surface area contributed by atoms with Crippen molar-refractivity contribution in [1.82, 2.24) is 10.2 Å². The molecule has 0 aliphatic carbocycles. The summed E-state index contributed by atoms with van der Waals surface area (Å²) in [6.45, 7) is 2.82. The van der Waals surface area contributed by atoms with Gasteiger partial charge in [0.2, 0.25) is 15.9 Å². The van der Waals surface area contributed by atoms with Gasteiger partial charge in [0.1, 0.15) is 18.0 Å². The van der Waals surface area contributed by atoms with Gasteiger partial charge in [0, 0.05) is 25.2 Å². The zero-order valence-electron chi connectivity index (χ0n) is 18.7. The van der Waals surface area contributed by atoms with E-state index in [1.165, 1.54) is 37.6 Å². The van der Waals surface area contributed by atoms with Gasteiger partial charge in [0.15, 0.2) is 0 Å². The van der Waals surface area contributed by atoms with E-state index in [4.69, 9.17) is 4.74 Å². The molecular weight excluding hydrogens is 448 g/mol. The highest BCUT2D eigenvalue weighted by atomic mass is 32.2. The second-order valence-corrected chi connectivity index (χ2v) is 9.87. The van der Waals surface area contributed by atoms with E-state index in [1.807, 2.05) is 24.3 Å². The minimum absolute atomic E-state index is 0.0735. The second kappa shape index (κ2) is 10.6.